The lowest BCUT2D eigenvalue weighted by atomic mass is 10.2. The molecule has 0 N–H and O–H groups in total. The summed E-state index contributed by atoms with van der Waals surface area (Å²) >= 11 is 0. The van der Waals surface area contributed by atoms with Crippen LogP contribution in [0.4, 0.5) is 0 Å². The first-order valence-corrected chi connectivity index (χ1v) is 7.91. The minimum atomic E-state index is 0.220. The highest BCUT2D eigenvalue weighted by atomic mass is 16.5. The van der Waals surface area contributed by atoms with Crippen LogP contribution in [-0.4, -0.2) is 30.5 Å². The molecule has 1 radical (unpaired) electrons. The summed E-state index contributed by atoms with van der Waals surface area (Å²) < 4.78 is 11.4. The number of likely N-dealkylation sites (tertiary alicyclic amines) is 1. The van der Waals surface area contributed by atoms with Crippen LogP contribution in [0.1, 0.15) is 18.4 Å². The van der Waals surface area contributed by atoms with E-state index in [1.54, 1.807) is 0 Å². The summed E-state index contributed by atoms with van der Waals surface area (Å²) in [4.78, 5) is 13.4. The Hall–Kier alpha value is -2.49. The van der Waals surface area contributed by atoms with Crippen LogP contribution in [0.2, 0.25) is 0 Å². The van der Waals surface area contributed by atoms with E-state index in [0.717, 1.165) is 18.5 Å². The Morgan fingerprint density at radius 3 is 2.52 bits per heavy atom. The zero-order valence-corrected chi connectivity index (χ0v) is 13.0. The van der Waals surface area contributed by atoms with Crippen molar-refractivity contribution in [1.82, 2.24) is 4.90 Å². The molecule has 0 atom stereocenters. The van der Waals surface area contributed by atoms with E-state index in [9.17, 15) is 4.79 Å². The van der Waals surface area contributed by atoms with Crippen LogP contribution in [0.3, 0.4) is 0 Å². The van der Waals surface area contributed by atoms with Gasteiger partial charge < -0.3 is 14.4 Å². The zero-order chi connectivity index (χ0) is 15.9. The minimum Gasteiger partial charge on any atom is -0.491 e. The van der Waals surface area contributed by atoms with Crippen molar-refractivity contribution in [3.63, 3.8) is 0 Å². The van der Waals surface area contributed by atoms with Crippen molar-refractivity contribution in [1.29, 1.82) is 0 Å². The highest BCUT2D eigenvalue weighted by Crippen LogP contribution is 2.19. The molecule has 1 fully saturated rings. The van der Waals surface area contributed by atoms with Crippen LogP contribution in [0.15, 0.2) is 48.5 Å². The van der Waals surface area contributed by atoms with Crippen molar-refractivity contribution in [3.8, 4) is 11.5 Å². The molecule has 0 saturated carbocycles. The molecule has 0 bridgehead atoms. The van der Waals surface area contributed by atoms with Gasteiger partial charge in [0.05, 0.1) is 12.6 Å². The molecule has 4 nitrogen and oxygen atoms in total. The van der Waals surface area contributed by atoms with Gasteiger partial charge in [-0.1, -0.05) is 36.4 Å². The monoisotopic (exact) mass is 310 g/mol. The Kier molecular flexibility index (Phi) is 5.14. The summed E-state index contributed by atoms with van der Waals surface area (Å²) in [5.74, 6) is 1.52. The first-order chi connectivity index (χ1) is 11.3. The predicted octanol–water partition coefficient (Wildman–Crippen LogP) is 3.07. The molecule has 1 aliphatic heterocycles. The second-order valence-corrected chi connectivity index (χ2v) is 5.49. The van der Waals surface area contributed by atoms with Gasteiger partial charge in [0.25, 0.3) is 0 Å². The summed E-state index contributed by atoms with van der Waals surface area (Å²) in [6.07, 6.45) is 1.61. The number of hydrogen-bond acceptors (Lipinski definition) is 3. The van der Waals surface area contributed by atoms with E-state index in [1.165, 1.54) is 0 Å². The molecule has 3 rings (SSSR count). The third-order valence-corrected chi connectivity index (χ3v) is 3.77. The van der Waals surface area contributed by atoms with E-state index < -0.39 is 0 Å². The van der Waals surface area contributed by atoms with Crippen molar-refractivity contribution in [3.05, 3.63) is 60.2 Å². The van der Waals surface area contributed by atoms with E-state index in [4.69, 9.17) is 9.47 Å². The van der Waals surface area contributed by atoms with E-state index in [-0.39, 0.29) is 5.91 Å². The number of rotatable bonds is 7. The van der Waals surface area contributed by atoms with E-state index >= 15 is 0 Å². The molecule has 1 aliphatic rings. The first-order valence-electron chi connectivity index (χ1n) is 7.91. The van der Waals surface area contributed by atoms with Crippen LogP contribution >= 0.6 is 0 Å². The van der Waals surface area contributed by atoms with Gasteiger partial charge in [0, 0.05) is 13.0 Å². The quantitative estimate of drug-likeness (QED) is 0.789. The van der Waals surface area contributed by atoms with Crippen LogP contribution in [0.25, 0.3) is 0 Å². The summed E-state index contributed by atoms with van der Waals surface area (Å²) in [6.45, 7) is 2.45. The van der Waals surface area contributed by atoms with Gasteiger partial charge in [0.1, 0.15) is 24.7 Å². The van der Waals surface area contributed by atoms with Gasteiger partial charge in [0.15, 0.2) is 0 Å². The Labute approximate surface area is 136 Å². The fourth-order valence-corrected chi connectivity index (χ4v) is 2.54. The molecule has 0 aromatic heterocycles. The summed E-state index contributed by atoms with van der Waals surface area (Å²) in [6, 6.07) is 18.7. The molecule has 119 valence electrons. The average molecular weight is 310 g/mol. The van der Waals surface area contributed by atoms with Gasteiger partial charge in [-0.05, 0) is 24.1 Å². The number of carbonyl (C=O) groups excluding carboxylic acids is 1. The molecular formula is C19H20NO3. The molecule has 2 aromatic rings. The molecule has 0 spiro atoms. The molecule has 1 amide bonds. The maximum absolute atomic E-state index is 11.5. The van der Waals surface area contributed by atoms with Gasteiger partial charge in [-0.2, -0.15) is 0 Å². The highest BCUT2D eigenvalue weighted by molar-refractivity contribution is 5.78. The zero-order valence-electron chi connectivity index (χ0n) is 13.0. The normalized spacial score (nSPS) is 14.1. The number of nitrogens with zero attached hydrogens (tertiary/aromatic N) is 1. The lowest BCUT2D eigenvalue weighted by Gasteiger charge is -2.16. The first kappa shape index (κ1) is 15.4. The molecule has 0 aliphatic carbocycles. The lowest BCUT2D eigenvalue weighted by molar-refractivity contribution is -0.128. The van der Waals surface area contributed by atoms with Gasteiger partial charge >= 0.3 is 0 Å². The van der Waals surface area contributed by atoms with Crippen LogP contribution in [-0.2, 0) is 11.4 Å². The van der Waals surface area contributed by atoms with Gasteiger partial charge in [-0.3, -0.25) is 4.79 Å². The molecule has 1 heterocycles. The van der Waals surface area contributed by atoms with E-state index in [1.807, 2.05) is 53.4 Å². The second kappa shape index (κ2) is 7.68. The Morgan fingerprint density at radius 1 is 1.00 bits per heavy atom. The van der Waals surface area contributed by atoms with Gasteiger partial charge in [-0.25, -0.2) is 0 Å². The van der Waals surface area contributed by atoms with Crippen LogP contribution in [0.5, 0.6) is 11.5 Å². The molecule has 23 heavy (non-hydrogen) atoms. The van der Waals surface area contributed by atoms with E-state index in [0.29, 0.717) is 37.7 Å². The summed E-state index contributed by atoms with van der Waals surface area (Å²) in [5.41, 5.74) is 1.11. The number of hydrogen-bond donors (Lipinski definition) is 0. The lowest BCUT2D eigenvalue weighted by Crippen LogP contribution is -2.29. The van der Waals surface area contributed by atoms with Crippen molar-refractivity contribution < 1.29 is 14.3 Å². The fourth-order valence-electron chi connectivity index (χ4n) is 2.54. The molecule has 0 unspecified atom stereocenters. The number of amides is 1. The number of carbonyl (C=O) groups is 1. The third kappa shape index (κ3) is 4.49. The second-order valence-electron chi connectivity index (χ2n) is 5.49. The van der Waals surface area contributed by atoms with Gasteiger partial charge in [-0.15, -0.1) is 0 Å². The minimum absolute atomic E-state index is 0.220. The average Bonchev–Trinajstić information content (AvgIpc) is 3.00. The fraction of sp³-hybridized carbons (Fsp3) is 0.316. The van der Waals surface area contributed by atoms with Crippen LogP contribution < -0.4 is 9.47 Å². The van der Waals surface area contributed by atoms with Gasteiger partial charge in [0.2, 0.25) is 5.91 Å². The molecular weight excluding hydrogens is 290 g/mol. The van der Waals surface area contributed by atoms with E-state index in [2.05, 4.69) is 6.07 Å². The maximum atomic E-state index is 11.5. The highest BCUT2D eigenvalue weighted by Gasteiger charge is 2.19. The molecule has 1 saturated heterocycles. The smallest absolute Gasteiger partial charge is 0.222 e. The maximum Gasteiger partial charge on any atom is 0.222 e. The summed E-state index contributed by atoms with van der Waals surface area (Å²) in [7, 11) is 0. The Morgan fingerprint density at radius 2 is 1.78 bits per heavy atom. The SMILES string of the molecule is O=C1CCCN1CCOc1[c]c(OCc2ccccc2)ccc1. The standard InChI is InChI=1S/C19H20NO3/c21-19-10-5-11-20(19)12-13-22-17-8-4-9-18(14-17)23-15-16-6-2-1-3-7-16/h1-4,6-9H,5,10-13,15H2. The molecule has 2 aromatic carbocycles. The molecule has 4 heteroatoms. The van der Waals surface area contributed by atoms with Crippen LogP contribution in [0, 0.1) is 6.07 Å². The van der Waals surface area contributed by atoms with Crippen molar-refractivity contribution in [2.45, 2.75) is 19.4 Å². The topological polar surface area (TPSA) is 38.8 Å². The largest absolute Gasteiger partial charge is 0.491 e. The van der Waals surface area contributed by atoms with Crippen molar-refractivity contribution in [2.75, 3.05) is 19.7 Å². The van der Waals surface area contributed by atoms with Crippen molar-refractivity contribution >= 4 is 5.91 Å². The number of ether oxygens (including phenoxy) is 2. The Bertz CT molecular complexity index is 642. The van der Waals surface area contributed by atoms with Crippen molar-refractivity contribution in [2.24, 2.45) is 0 Å². The number of benzene rings is 2. The third-order valence-electron chi connectivity index (χ3n) is 3.77. The summed E-state index contributed by atoms with van der Waals surface area (Å²) in [5, 5.41) is 0. The Balaban J connectivity index is 1.48. The predicted molar refractivity (Wildman–Crippen MR) is 87.4 cm³/mol.